The van der Waals surface area contributed by atoms with Crippen molar-refractivity contribution in [3.63, 3.8) is 0 Å². The van der Waals surface area contributed by atoms with E-state index in [1.54, 1.807) is 0 Å². The Balaban J connectivity index is 1.44. The van der Waals surface area contributed by atoms with Gasteiger partial charge in [-0.25, -0.2) is 4.68 Å². The first kappa shape index (κ1) is 17.9. The van der Waals surface area contributed by atoms with Gasteiger partial charge in [-0.05, 0) is 43.5 Å². The van der Waals surface area contributed by atoms with Crippen molar-refractivity contribution in [2.24, 2.45) is 5.92 Å². The first-order chi connectivity index (χ1) is 13.2. The summed E-state index contributed by atoms with van der Waals surface area (Å²) < 4.78 is 7.60. The molecule has 2 aromatic heterocycles. The van der Waals surface area contributed by atoms with Crippen LogP contribution in [0.3, 0.4) is 0 Å². The number of nitrogens with zero attached hydrogens (tertiary/aromatic N) is 5. The molecule has 0 saturated carbocycles. The van der Waals surface area contributed by atoms with E-state index in [-0.39, 0.29) is 0 Å². The van der Waals surface area contributed by atoms with Crippen molar-refractivity contribution in [2.45, 2.75) is 45.6 Å². The van der Waals surface area contributed by atoms with Crippen molar-refractivity contribution in [3.8, 4) is 5.69 Å². The molecule has 0 radical (unpaired) electrons. The normalized spacial score (nSPS) is 18.3. The van der Waals surface area contributed by atoms with Crippen molar-refractivity contribution in [1.29, 1.82) is 0 Å². The first-order valence-corrected chi connectivity index (χ1v) is 9.82. The monoisotopic (exact) mass is 365 g/mol. The molecule has 6 nitrogen and oxygen atoms in total. The van der Waals surface area contributed by atoms with Gasteiger partial charge in [0.25, 0.3) is 0 Å². The number of piperidine rings is 1. The smallest absolute Gasteiger partial charge is 0.231 e. The Bertz CT molecular complexity index is 854. The molecular formula is C21H27N5O. The summed E-state index contributed by atoms with van der Waals surface area (Å²) in [7, 11) is 0. The minimum Gasteiger partial charge on any atom is -0.339 e. The molecule has 1 aromatic carbocycles. The lowest BCUT2D eigenvalue weighted by Gasteiger charge is -2.30. The van der Waals surface area contributed by atoms with E-state index in [0.717, 1.165) is 56.3 Å². The maximum Gasteiger partial charge on any atom is 0.231 e. The molecule has 0 aliphatic carbocycles. The zero-order valence-corrected chi connectivity index (χ0v) is 16.1. The quantitative estimate of drug-likeness (QED) is 0.664. The number of para-hydroxylation sites is 1. The molecule has 1 atom stereocenters. The van der Waals surface area contributed by atoms with Gasteiger partial charge in [-0.1, -0.05) is 37.2 Å². The van der Waals surface area contributed by atoms with Gasteiger partial charge in [0.2, 0.25) is 5.89 Å². The topological polar surface area (TPSA) is 60.0 Å². The largest absolute Gasteiger partial charge is 0.339 e. The van der Waals surface area contributed by atoms with Gasteiger partial charge in [0.15, 0.2) is 5.82 Å². The van der Waals surface area contributed by atoms with Gasteiger partial charge >= 0.3 is 0 Å². The Labute approximate surface area is 160 Å². The first-order valence-electron chi connectivity index (χ1n) is 9.82. The summed E-state index contributed by atoms with van der Waals surface area (Å²) in [5.74, 6) is 2.49. The van der Waals surface area contributed by atoms with E-state index >= 15 is 0 Å². The average molecular weight is 365 g/mol. The summed E-state index contributed by atoms with van der Waals surface area (Å²) in [6.45, 7) is 7.26. The molecule has 0 amide bonds. The van der Waals surface area contributed by atoms with E-state index < -0.39 is 0 Å². The fourth-order valence-corrected chi connectivity index (χ4v) is 3.76. The van der Waals surface area contributed by atoms with Gasteiger partial charge < -0.3 is 4.52 Å². The van der Waals surface area contributed by atoms with Gasteiger partial charge in [-0.3, -0.25) is 4.90 Å². The Kier molecular flexibility index (Phi) is 5.34. The highest BCUT2D eigenvalue weighted by atomic mass is 16.5. The third-order valence-corrected chi connectivity index (χ3v) is 5.04. The van der Waals surface area contributed by atoms with Gasteiger partial charge in [0, 0.05) is 25.7 Å². The van der Waals surface area contributed by atoms with Crippen LogP contribution < -0.4 is 0 Å². The Morgan fingerprint density at radius 3 is 2.85 bits per heavy atom. The van der Waals surface area contributed by atoms with Crippen LogP contribution >= 0.6 is 0 Å². The minimum atomic E-state index is 0.320. The number of benzene rings is 1. The number of rotatable bonds is 6. The second-order valence-corrected chi connectivity index (χ2v) is 7.79. The Morgan fingerprint density at radius 1 is 1.19 bits per heavy atom. The number of aromatic nitrogens is 4. The molecule has 0 spiro atoms. The lowest BCUT2D eigenvalue weighted by Crippen LogP contribution is -2.34. The van der Waals surface area contributed by atoms with Crippen molar-refractivity contribution < 1.29 is 4.52 Å². The van der Waals surface area contributed by atoms with Crippen molar-refractivity contribution in [2.75, 3.05) is 13.1 Å². The summed E-state index contributed by atoms with van der Waals surface area (Å²) in [6, 6.07) is 12.4. The maximum absolute atomic E-state index is 5.58. The van der Waals surface area contributed by atoms with Crippen LogP contribution in [-0.4, -0.2) is 37.9 Å². The third-order valence-electron chi connectivity index (χ3n) is 5.04. The third kappa shape index (κ3) is 4.27. The molecule has 6 heteroatoms. The molecule has 1 aliphatic rings. The fraction of sp³-hybridized carbons (Fsp3) is 0.476. The van der Waals surface area contributed by atoms with Gasteiger partial charge in [-0.15, -0.1) is 0 Å². The average Bonchev–Trinajstić information content (AvgIpc) is 3.32. The standard InChI is InChI=1S/C21H27N5O/c1-16(2)13-20-23-21(27-24-20)17-7-6-12-25(14-17)15-19-10-11-22-26(19)18-8-4-3-5-9-18/h3-5,8-11,16-17H,6-7,12-15H2,1-2H3. The maximum atomic E-state index is 5.58. The molecule has 3 aromatic rings. The number of hydrogen-bond donors (Lipinski definition) is 0. The van der Waals surface area contributed by atoms with Crippen LogP contribution in [0, 0.1) is 5.92 Å². The molecule has 0 N–H and O–H groups in total. The number of likely N-dealkylation sites (tertiary alicyclic amines) is 1. The van der Waals surface area contributed by atoms with E-state index in [0.29, 0.717) is 11.8 Å². The Morgan fingerprint density at radius 2 is 2.04 bits per heavy atom. The number of hydrogen-bond acceptors (Lipinski definition) is 5. The summed E-state index contributed by atoms with van der Waals surface area (Å²) in [5.41, 5.74) is 2.30. The molecule has 0 bridgehead atoms. The summed E-state index contributed by atoms with van der Waals surface area (Å²) in [6.07, 6.45) is 5.00. The van der Waals surface area contributed by atoms with E-state index in [2.05, 4.69) is 52.2 Å². The van der Waals surface area contributed by atoms with E-state index in [1.807, 2.05) is 29.1 Å². The molecule has 1 aliphatic heterocycles. The van der Waals surface area contributed by atoms with E-state index in [1.165, 1.54) is 5.69 Å². The summed E-state index contributed by atoms with van der Waals surface area (Å²) in [4.78, 5) is 7.12. The lowest BCUT2D eigenvalue weighted by atomic mass is 9.98. The van der Waals surface area contributed by atoms with Gasteiger partial charge in [0.1, 0.15) is 0 Å². The van der Waals surface area contributed by atoms with Crippen LogP contribution in [0.5, 0.6) is 0 Å². The fourth-order valence-electron chi connectivity index (χ4n) is 3.76. The molecule has 27 heavy (non-hydrogen) atoms. The summed E-state index contributed by atoms with van der Waals surface area (Å²) in [5, 5.41) is 8.68. The zero-order valence-electron chi connectivity index (χ0n) is 16.1. The molecule has 1 fully saturated rings. The minimum absolute atomic E-state index is 0.320. The van der Waals surface area contributed by atoms with E-state index in [9.17, 15) is 0 Å². The predicted octanol–water partition coefficient (Wildman–Crippen LogP) is 3.83. The van der Waals surface area contributed by atoms with Gasteiger partial charge in [0.05, 0.1) is 17.3 Å². The molecule has 1 saturated heterocycles. The second kappa shape index (κ2) is 8.05. The molecule has 4 rings (SSSR count). The molecule has 3 heterocycles. The van der Waals surface area contributed by atoms with Crippen molar-refractivity contribution in [1.82, 2.24) is 24.8 Å². The van der Waals surface area contributed by atoms with Crippen molar-refractivity contribution >= 4 is 0 Å². The zero-order chi connectivity index (χ0) is 18.6. The van der Waals surface area contributed by atoms with Crippen LogP contribution in [-0.2, 0) is 13.0 Å². The van der Waals surface area contributed by atoms with E-state index in [4.69, 9.17) is 4.52 Å². The SMILES string of the molecule is CC(C)Cc1noc(C2CCCN(Cc3ccnn3-c3ccccc3)C2)n1. The van der Waals surface area contributed by atoms with Crippen LogP contribution in [0.2, 0.25) is 0 Å². The summed E-state index contributed by atoms with van der Waals surface area (Å²) >= 11 is 0. The molecule has 142 valence electrons. The highest BCUT2D eigenvalue weighted by Gasteiger charge is 2.26. The highest BCUT2D eigenvalue weighted by Crippen LogP contribution is 2.27. The highest BCUT2D eigenvalue weighted by molar-refractivity contribution is 5.32. The predicted molar refractivity (Wildman–Crippen MR) is 104 cm³/mol. The molecular weight excluding hydrogens is 338 g/mol. The Hall–Kier alpha value is -2.47. The van der Waals surface area contributed by atoms with Crippen LogP contribution in [0.1, 0.15) is 50.0 Å². The van der Waals surface area contributed by atoms with Gasteiger partial charge in [-0.2, -0.15) is 10.1 Å². The lowest BCUT2D eigenvalue weighted by molar-refractivity contribution is 0.177. The van der Waals surface area contributed by atoms with Crippen LogP contribution in [0.25, 0.3) is 5.69 Å². The second-order valence-electron chi connectivity index (χ2n) is 7.79. The van der Waals surface area contributed by atoms with Crippen molar-refractivity contribution in [3.05, 3.63) is 60.0 Å². The van der Waals surface area contributed by atoms with Crippen LogP contribution in [0.4, 0.5) is 0 Å². The molecule has 1 unspecified atom stereocenters. The van der Waals surface area contributed by atoms with Crippen LogP contribution in [0.15, 0.2) is 47.1 Å².